The highest BCUT2D eigenvalue weighted by atomic mass is 32.2. The summed E-state index contributed by atoms with van der Waals surface area (Å²) in [5.74, 6) is 0.869. The molecule has 1 aromatic heterocycles. The smallest absolute Gasteiger partial charge is 0.263 e. The Hall–Kier alpha value is -1.20. The zero-order valence-corrected chi connectivity index (χ0v) is 13.7. The fourth-order valence-electron chi connectivity index (χ4n) is 2.11. The average Bonchev–Trinajstić information content (AvgIpc) is 2.74. The Kier molecular flexibility index (Phi) is 4.94. The van der Waals surface area contributed by atoms with Crippen LogP contribution < -0.4 is 11.1 Å². The molecule has 2 aromatic rings. The summed E-state index contributed by atoms with van der Waals surface area (Å²) in [7, 11) is 0. The van der Waals surface area contributed by atoms with Gasteiger partial charge in [-0.25, -0.2) is 0 Å². The van der Waals surface area contributed by atoms with E-state index in [4.69, 9.17) is 5.73 Å². The van der Waals surface area contributed by atoms with E-state index in [2.05, 4.69) is 18.3 Å². The van der Waals surface area contributed by atoms with E-state index in [-0.39, 0.29) is 11.9 Å². The number of hydrogen-bond donors (Lipinski definition) is 2. The highest BCUT2D eigenvalue weighted by Crippen LogP contribution is 2.34. The zero-order valence-electron chi connectivity index (χ0n) is 12.0. The Morgan fingerprint density at radius 1 is 1.50 bits per heavy atom. The second-order valence-electron chi connectivity index (χ2n) is 4.88. The maximum atomic E-state index is 12.4. The molecule has 5 heteroatoms. The van der Waals surface area contributed by atoms with Gasteiger partial charge in [0, 0.05) is 21.9 Å². The number of nitrogens with two attached hydrogens (primary N) is 1. The van der Waals surface area contributed by atoms with Gasteiger partial charge < -0.3 is 11.1 Å². The molecular formula is C15H20N2OS2. The second-order valence-corrected chi connectivity index (χ2v) is 6.84. The summed E-state index contributed by atoms with van der Waals surface area (Å²) in [5.41, 5.74) is 7.90. The standard InChI is InChI=1S/C15H20N2OS2/c1-4-10(8-19-3)17-15(18)14-13(16)11-6-5-9(2)7-12(11)20-14/h5-7,10H,4,8,16H2,1-3H3,(H,17,18). The number of nitrogen functional groups attached to an aromatic ring is 1. The quantitative estimate of drug-likeness (QED) is 0.886. The molecule has 0 aliphatic rings. The number of anilines is 1. The fraction of sp³-hybridized carbons (Fsp3) is 0.400. The molecule has 0 radical (unpaired) electrons. The molecule has 3 nitrogen and oxygen atoms in total. The first-order valence-corrected chi connectivity index (χ1v) is 8.86. The predicted molar refractivity (Wildman–Crippen MR) is 90.9 cm³/mol. The van der Waals surface area contributed by atoms with Crippen LogP contribution in [0.3, 0.4) is 0 Å². The first-order chi connectivity index (χ1) is 9.56. The molecule has 1 heterocycles. The van der Waals surface area contributed by atoms with Crippen LogP contribution in [0.4, 0.5) is 5.69 Å². The summed E-state index contributed by atoms with van der Waals surface area (Å²) in [6, 6.07) is 6.29. The molecule has 1 atom stereocenters. The second kappa shape index (κ2) is 6.50. The van der Waals surface area contributed by atoms with Crippen molar-refractivity contribution in [1.29, 1.82) is 0 Å². The molecule has 0 aliphatic carbocycles. The maximum absolute atomic E-state index is 12.4. The van der Waals surface area contributed by atoms with Crippen LogP contribution in [0.25, 0.3) is 10.1 Å². The summed E-state index contributed by atoms with van der Waals surface area (Å²) < 4.78 is 1.07. The number of hydrogen-bond acceptors (Lipinski definition) is 4. The lowest BCUT2D eigenvalue weighted by molar-refractivity contribution is 0.0945. The minimum atomic E-state index is -0.0535. The molecule has 1 unspecified atom stereocenters. The lowest BCUT2D eigenvalue weighted by Gasteiger charge is -2.15. The lowest BCUT2D eigenvalue weighted by atomic mass is 10.1. The molecule has 20 heavy (non-hydrogen) atoms. The van der Waals surface area contributed by atoms with Crippen molar-refractivity contribution < 1.29 is 4.79 Å². The fourth-order valence-corrected chi connectivity index (χ4v) is 3.95. The van der Waals surface area contributed by atoms with Gasteiger partial charge in [0.1, 0.15) is 4.88 Å². The number of nitrogens with one attached hydrogen (secondary N) is 1. The lowest BCUT2D eigenvalue weighted by Crippen LogP contribution is -2.36. The average molecular weight is 308 g/mol. The predicted octanol–water partition coefficient (Wildman–Crippen LogP) is 3.66. The topological polar surface area (TPSA) is 55.1 Å². The number of aryl methyl sites for hydroxylation is 1. The molecular weight excluding hydrogens is 288 g/mol. The van der Waals surface area contributed by atoms with Gasteiger partial charge in [-0.15, -0.1) is 11.3 Å². The highest BCUT2D eigenvalue weighted by Gasteiger charge is 2.18. The van der Waals surface area contributed by atoms with Crippen molar-refractivity contribution in [3.8, 4) is 0 Å². The molecule has 2 rings (SSSR count). The van der Waals surface area contributed by atoms with Crippen LogP contribution in [0.2, 0.25) is 0 Å². The van der Waals surface area contributed by atoms with E-state index < -0.39 is 0 Å². The zero-order chi connectivity index (χ0) is 14.7. The van der Waals surface area contributed by atoms with Crippen molar-refractivity contribution in [1.82, 2.24) is 5.32 Å². The van der Waals surface area contributed by atoms with E-state index in [1.807, 2.05) is 25.3 Å². The normalized spacial score (nSPS) is 12.6. The number of carbonyl (C=O) groups is 1. The summed E-state index contributed by atoms with van der Waals surface area (Å²) in [6.45, 7) is 4.12. The van der Waals surface area contributed by atoms with Crippen molar-refractivity contribution in [3.05, 3.63) is 28.6 Å². The van der Waals surface area contributed by atoms with Gasteiger partial charge in [0.05, 0.1) is 5.69 Å². The molecule has 0 saturated carbocycles. The monoisotopic (exact) mass is 308 g/mol. The van der Waals surface area contributed by atoms with Crippen LogP contribution in [0.15, 0.2) is 18.2 Å². The Balaban J connectivity index is 2.28. The summed E-state index contributed by atoms with van der Waals surface area (Å²) in [6.07, 6.45) is 2.97. The molecule has 1 aromatic carbocycles. The van der Waals surface area contributed by atoms with E-state index in [0.29, 0.717) is 10.6 Å². The molecule has 0 spiro atoms. The van der Waals surface area contributed by atoms with Gasteiger partial charge in [0.15, 0.2) is 0 Å². The van der Waals surface area contributed by atoms with Gasteiger partial charge in [-0.05, 0) is 31.2 Å². The molecule has 0 aliphatic heterocycles. The first-order valence-electron chi connectivity index (χ1n) is 6.65. The number of thiophene rings is 1. The Morgan fingerprint density at radius 2 is 2.25 bits per heavy atom. The van der Waals surface area contributed by atoms with E-state index in [9.17, 15) is 4.79 Å². The number of amides is 1. The molecule has 0 bridgehead atoms. The van der Waals surface area contributed by atoms with Crippen LogP contribution in [0, 0.1) is 6.92 Å². The summed E-state index contributed by atoms with van der Waals surface area (Å²) in [4.78, 5) is 13.0. The molecule has 0 saturated heterocycles. The largest absolute Gasteiger partial charge is 0.397 e. The third kappa shape index (κ3) is 3.10. The molecule has 3 N–H and O–H groups in total. The van der Waals surface area contributed by atoms with Gasteiger partial charge in [-0.3, -0.25) is 4.79 Å². The third-order valence-corrected chi connectivity index (χ3v) is 5.19. The molecule has 1 amide bonds. The van der Waals surface area contributed by atoms with Gasteiger partial charge >= 0.3 is 0 Å². The number of carbonyl (C=O) groups excluding carboxylic acids is 1. The minimum absolute atomic E-state index is 0.0535. The van der Waals surface area contributed by atoms with E-state index >= 15 is 0 Å². The number of benzene rings is 1. The minimum Gasteiger partial charge on any atom is -0.397 e. The summed E-state index contributed by atoms with van der Waals surface area (Å²) >= 11 is 3.21. The van der Waals surface area contributed by atoms with Crippen molar-refractivity contribution in [2.45, 2.75) is 26.3 Å². The van der Waals surface area contributed by atoms with Crippen LogP contribution in [-0.4, -0.2) is 24.0 Å². The van der Waals surface area contributed by atoms with Crippen LogP contribution >= 0.6 is 23.1 Å². The first kappa shape index (κ1) is 15.2. The maximum Gasteiger partial charge on any atom is 0.263 e. The molecule has 108 valence electrons. The van der Waals surface area contributed by atoms with E-state index in [0.717, 1.165) is 22.3 Å². The van der Waals surface area contributed by atoms with E-state index in [1.54, 1.807) is 11.8 Å². The Labute approximate surface area is 127 Å². The van der Waals surface area contributed by atoms with Gasteiger partial charge in [0.25, 0.3) is 5.91 Å². The molecule has 0 fully saturated rings. The van der Waals surface area contributed by atoms with Crippen molar-refractivity contribution in [2.24, 2.45) is 0 Å². The van der Waals surface area contributed by atoms with Gasteiger partial charge in [-0.2, -0.15) is 11.8 Å². The summed E-state index contributed by atoms with van der Waals surface area (Å²) in [5, 5.41) is 4.05. The van der Waals surface area contributed by atoms with Crippen molar-refractivity contribution >= 4 is 44.8 Å². The van der Waals surface area contributed by atoms with Crippen molar-refractivity contribution in [2.75, 3.05) is 17.7 Å². The van der Waals surface area contributed by atoms with Crippen molar-refractivity contribution in [3.63, 3.8) is 0 Å². The third-order valence-electron chi connectivity index (χ3n) is 3.29. The van der Waals surface area contributed by atoms with Gasteiger partial charge in [-0.1, -0.05) is 19.1 Å². The van der Waals surface area contributed by atoms with Crippen LogP contribution in [0.5, 0.6) is 0 Å². The SMILES string of the molecule is CCC(CSC)NC(=O)c1sc2cc(C)ccc2c1N. The number of thioether (sulfide) groups is 1. The highest BCUT2D eigenvalue weighted by molar-refractivity contribution is 7.98. The van der Waals surface area contributed by atoms with Crippen LogP contribution in [-0.2, 0) is 0 Å². The van der Waals surface area contributed by atoms with Crippen LogP contribution in [0.1, 0.15) is 28.6 Å². The Morgan fingerprint density at radius 3 is 2.90 bits per heavy atom. The Bertz CT molecular complexity index is 622. The van der Waals surface area contributed by atoms with E-state index in [1.165, 1.54) is 16.9 Å². The number of fused-ring (bicyclic) bond motifs is 1. The van der Waals surface area contributed by atoms with Gasteiger partial charge in [0.2, 0.25) is 0 Å². The number of rotatable bonds is 5.